The van der Waals surface area contributed by atoms with Crippen LogP contribution in [0, 0.1) is 0 Å². The fraction of sp³-hybridized carbons (Fsp3) is 0.417. The summed E-state index contributed by atoms with van der Waals surface area (Å²) in [5.41, 5.74) is 0.584. The summed E-state index contributed by atoms with van der Waals surface area (Å²) in [5.74, 6) is -0.904. The number of amides is 2. The van der Waals surface area contributed by atoms with Gasteiger partial charge in [0.25, 0.3) is 5.91 Å². The molecule has 2 amide bonds. The zero-order chi connectivity index (χ0) is 14.3. The molecule has 19 heavy (non-hydrogen) atoms. The van der Waals surface area contributed by atoms with E-state index in [0.29, 0.717) is 5.56 Å². The first-order valence-electron chi connectivity index (χ1n) is 5.65. The highest BCUT2D eigenvalue weighted by molar-refractivity contribution is 7.08. The normalized spacial score (nSPS) is 9.79. The molecule has 0 radical (unpaired) electrons. The molecule has 0 aliphatic carbocycles. The Hall–Kier alpha value is -1.89. The van der Waals surface area contributed by atoms with Crippen LogP contribution in [0.15, 0.2) is 16.8 Å². The van der Waals surface area contributed by atoms with E-state index in [0.717, 1.165) is 0 Å². The zero-order valence-corrected chi connectivity index (χ0v) is 11.7. The average Bonchev–Trinajstić information content (AvgIpc) is 2.92. The van der Waals surface area contributed by atoms with Gasteiger partial charge in [-0.15, -0.1) is 0 Å². The molecule has 1 aromatic heterocycles. The molecule has 0 aliphatic rings. The van der Waals surface area contributed by atoms with Gasteiger partial charge in [-0.05, 0) is 11.4 Å². The molecule has 1 N–H and O–H groups in total. The first-order chi connectivity index (χ1) is 9.04. The fourth-order valence-electron chi connectivity index (χ4n) is 1.32. The highest BCUT2D eigenvalue weighted by atomic mass is 32.1. The van der Waals surface area contributed by atoms with Crippen molar-refractivity contribution in [2.75, 3.05) is 27.2 Å². The van der Waals surface area contributed by atoms with Crippen molar-refractivity contribution < 1.29 is 19.1 Å². The summed E-state index contributed by atoms with van der Waals surface area (Å²) in [5, 5.41) is 6.19. The molecule has 0 aromatic carbocycles. The van der Waals surface area contributed by atoms with Crippen molar-refractivity contribution >= 4 is 29.1 Å². The van der Waals surface area contributed by atoms with E-state index in [4.69, 9.17) is 0 Å². The number of nitrogens with one attached hydrogen (secondary N) is 1. The Labute approximate surface area is 115 Å². The molecule has 0 bridgehead atoms. The van der Waals surface area contributed by atoms with Crippen LogP contribution in [0.4, 0.5) is 0 Å². The lowest BCUT2D eigenvalue weighted by Gasteiger charge is -2.15. The summed E-state index contributed by atoms with van der Waals surface area (Å²) in [6.45, 7) is 0.146. The summed E-state index contributed by atoms with van der Waals surface area (Å²) in [6.07, 6.45) is 0.142. The second-order valence-electron chi connectivity index (χ2n) is 3.84. The van der Waals surface area contributed by atoms with Gasteiger partial charge in [-0.3, -0.25) is 14.4 Å². The van der Waals surface area contributed by atoms with Crippen molar-refractivity contribution in [3.05, 3.63) is 22.4 Å². The first kappa shape index (κ1) is 15.2. The Morgan fingerprint density at radius 3 is 2.74 bits per heavy atom. The van der Waals surface area contributed by atoms with Crippen molar-refractivity contribution in [1.82, 2.24) is 10.2 Å². The number of carbonyl (C=O) groups is 3. The lowest BCUT2D eigenvalue weighted by Crippen LogP contribution is -2.35. The summed E-state index contributed by atoms with van der Waals surface area (Å²) in [6, 6.07) is 1.71. The first-order valence-corrected chi connectivity index (χ1v) is 6.60. The highest BCUT2D eigenvalue weighted by Gasteiger charge is 2.13. The predicted molar refractivity (Wildman–Crippen MR) is 70.9 cm³/mol. The zero-order valence-electron chi connectivity index (χ0n) is 10.8. The molecule has 0 atom stereocenters. The largest absolute Gasteiger partial charge is 0.468 e. The van der Waals surface area contributed by atoms with Crippen LogP contribution in [0.5, 0.6) is 0 Å². The van der Waals surface area contributed by atoms with Crippen LogP contribution in [0.25, 0.3) is 0 Å². The molecule has 1 aromatic rings. The van der Waals surface area contributed by atoms with Gasteiger partial charge in [0.1, 0.15) is 6.54 Å². The minimum Gasteiger partial charge on any atom is -0.468 e. The number of rotatable bonds is 6. The molecule has 0 saturated heterocycles. The molecule has 1 heterocycles. The number of esters is 1. The van der Waals surface area contributed by atoms with E-state index >= 15 is 0 Å². The van der Waals surface area contributed by atoms with Gasteiger partial charge in [0, 0.05) is 31.0 Å². The molecule has 1 rings (SSSR count). The van der Waals surface area contributed by atoms with Crippen molar-refractivity contribution in [2.24, 2.45) is 0 Å². The van der Waals surface area contributed by atoms with E-state index in [1.54, 1.807) is 11.4 Å². The van der Waals surface area contributed by atoms with Crippen LogP contribution in [0.1, 0.15) is 16.8 Å². The van der Waals surface area contributed by atoms with Crippen molar-refractivity contribution in [3.8, 4) is 0 Å². The molecule has 0 spiro atoms. The SMILES string of the molecule is COC(=O)CN(C)C(=O)CCNC(=O)c1ccsc1. The van der Waals surface area contributed by atoms with E-state index < -0.39 is 5.97 Å². The van der Waals surface area contributed by atoms with Gasteiger partial charge < -0.3 is 15.0 Å². The van der Waals surface area contributed by atoms with Crippen LogP contribution in [-0.2, 0) is 14.3 Å². The third kappa shape index (κ3) is 5.09. The molecule has 104 valence electrons. The van der Waals surface area contributed by atoms with Crippen LogP contribution < -0.4 is 5.32 Å². The minimum absolute atomic E-state index is 0.0895. The Balaban J connectivity index is 2.27. The molecule has 0 fully saturated rings. The number of methoxy groups -OCH3 is 1. The topological polar surface area (TPSA) is 75.7 Å². The summed E-state index contributed by atoms with van der Waals surface area (Å²) >= 11 is 1.43. The standard InChI is InChI=1S/C12H16N2O4S/c1-14(7-11(16)18-2)10(15)3-5-13-12(17)9-4-6-19-8-9/h4,6,8H,3,5,7H2,1-2H3,(H,13,17). The molecular formula is C12H16N2O4S. The van der Waals surface area contributed by atoms with Gasteiger partial charge in [-0.1, -0.05) is 0 Å². The maximum atomic E-state index is 11.6. The van der Waals surface area contributed by atoms with Crippen molar-refractivity contribution in [3.63, 3.8) is 0 Å². The smallest absolute Gasteiger partial charge is 0.325 e. The Morgan fingerprint density at radius 2 is 2.16 bits per heavy atom. The quantitative estimate of drug-likeness (QED) is 0.772. The van der Waals surface area contributed by atoms with Gasteiger partial charge in [-0.25, -0.2) is 0 Å². The Morgan fingerprint density at radius 1 is 1.42 bits per heavy atom. The lowest BCUT2D eigenvalue weighted by atomic mass is 10.3. The maximum absolute atomic E-state index is 11.6. The predicted octanol–water partition coefficient (Wildman–Crippen LogP) is 0.499. The molecule has 6 nitrogen and oxygen atoms in total. The molecule has 0 saturated carbocycles. The molecular weight excluding hydrogens is 268 g/mol. The second-order valence-corrected chi connectivity index (χ2v) is 4.62. The van der Waals surface area contributed by atoms with Gasteiger partial charge in [0.05, 0.1) is 7.11 Å². The van der Waals surface area contributed by atoms with Crippen LogP contribution in [0.2, 0.25) is 0 Å². The lowest BCUT2D eigenvalue weighted by molar-refractivity contribution is -0.146. The number of ether oxygens (including phenoxy) is 1. The van der Waals surface area contributed by atoms with Gasteiger partial charge in [-0.2, -0.15) is 11.3 Å². The van der Waals surface area contributed by atoms with E-state index in [-0.39, 0.29) is 31.3 Å². The van der Waals surface area contributed by atoms with E-state index in [9.17, 15) is 14.4 Å². The monoisotopic (exact) mass is 284 g/mol. The molecule has 0 aliphatic heterocycles. The Bertz CT molecular complexity index is 445. The number of hydrogen-bond acceptors (Lipinski definition) is 5. The summed E-state index contributed by atoms with van der Waals surface area (Å²) < 4.78 is 4.46. The molecule has 7 heteroatoms. The number of hydrogen-bond donors (Lipinski definition) is 1. The Kier molecular flexibility index (Phi) is 6.01. The summed E-state index contributed by atoms with van der Waals surface area (Å²) in [7, 11) is 2.78. The van der Waals surface area contributed by atoms with Gasteiger partial charge >= 0.3 is 5.97 Å². The number of thiophene rings is 1. The third-order valence-electron chi connectivity index (χ3n) is 2.43. The van der Waals surface area contributed by atoms with E-state index in [2.05, 4.69) is 10.1 Å². The fourth-order valence-corrected chi connectivity index (χ4v) is 1.95. The minimum atomic E-state index is -0.474. The van der Waals surface area contributed by atoms with Crippen molar-refractivity contribution in [1.29, 1.82) is 0 Å². The number of nitrogens with zero attached hydrogens (tertiary/aromatic N) is 1. The van der Waals surface area contributed by atoms with Crippen LogP contribution in [-0.4, -0.2) is 49.9 Å². The number of carbonyl (C=O) groups excluding carboxylic acids is 3. The maximum Gasteiger partial charge on any atom is 0.325 e. The third-order valence-corrected chi connectivity index (χ3v) is 3.11. The molecule has 0 unspecified atom stereocenters. The van der Waals surface area contributed by atoms with Crippen LogP contribution in [0.3, 0.4) is 0 Å². The average molecular weight is 284 g/mol. The number of likely N-dealkylation sites (N-methyl/N-ethyl adjacent to an activating group) is 1. The second kappa shape index (κ2) is 7.52. The van der Waals surface area contributed by atoms with Crippen molar-refractivity contribution in [2.45, 2.75) is 6.42 Å². The van der Waals surface area contributed by atoms with Crippen LogP contribution >= 0.6 is 11.3 Å². The van der Waals surface area contributed by atoms with Gasteiger partial charge in [0.15, 0.2) is 0 Å². The van der Waals surface area contributed by atoms with E-state index in [1.807, 2.05) is 5.38 Å². The summed E-state index contributed by atoms with van der Waals surface area (Å²) in [4.78, 5) is 35.5. The highest BCUT2D eigenvalue weighted by Crippen LogP contribution is 2.05. The van der Waals surface area contributed by atoms with Gasteiger partial charge in [0.2, 0.25) is 5.91 Å². The van der Waals surface area contributed by atoms with E-state index in [1.165, 1.54) is 30.4 Å².